The van der Waals surface area contributed by atoms with E-state index in [1.807, 2.05) is 13.8 Å². The second-order valence-corrected chi connectivity index (χ2v) is 6.37. The van der Waals surface area contributed by atoms with Crippen LogP contribution in [0.1, 0.15) is 37.6 Å². The van der Waals surface area contributed by atoms with E-state index >= 15 is 0 Å². The Morgan fingerprint density at radius 2 is 1.81 bits per heavy atom. The van der Waals surface area contributed by atoms with Crippen molar-refractivity contribution in [3.8, 4) is 5.69 Å². The largest absolute Gasteiger partial charge is 0.388 e. The molecule has 1 N–H and O–H groups in total. The van der Waals surface area contributed by atoms with E-state index in [1.54, 1.807) is 16.8 Å². The molecule has 21 heavy (non-hydrogen) atoms. The zero-order valence-corrected chi connectivity index (χ0v) is 11.8. The van der Waals surface area contributed by atoms with E-state index in [2.05, 4.69) is 0 Å². The lowest BCUT2D eigenvalue weighted by atomic mass is 9.75. The Kier molecular flexibility index (Phi) is 3.13. The first kappa shape index (κ1) is 14.2. The molecule has 1 heterocycles. The summed E-state index contributed by atoms with van der Waals surface area (Å²) in [7, 11) is 0. The van der Waals surface area contributed by atoms with Crippen LogP contribution in [0.4, 0.5) is 13.2 Å². The summed E-state index contributed by atoms with van der Waals surface area (Å²) in [6, 6.07) is 3.67. The monoisotopic (exact) mass is 295 g/mol. The van der Waals surface area contributed by atoms with Gasteiger partial charge in [0, 0.05) is 29.6 Å². The molecule has 0 saturated heterocycles. The molecule has 1 atom stereocenters. The highest BCUT2D eigenvalue weighted by molar-refractivity contribution is 5.41. The Hall–Kier alpha value is -1.75. The molecule has 1 aromatic heterocycles. The highest BCUT2D eigenvalue weighted by atomic mass is 19.2. The van der Waals surface area contributed by atoms with Gasteiger partial charge in [-0.3, -0.25) is 0 Å². The molecule has 0 fully saturated rings. The highest BCUT2D eigenvalue weighted by Gasteiger charge is 2.33. The van der Waals surface area contributed by atoms with E-state index in [9.17, 15) is 18.3 Å². The third-order valence-corrected chi connectivity index (χ3v) is 4.02. The van der Waals surface area contributed by atoms with Gasteiger partial charge in [-0.15, -0.1) is 0 Å². The molecule has 1 aliphatic carbocycles. The summed E-state index contributed by atoms with van der Waals surface area (Å²) in [4.78, 5) is 0. The van der Waals surface area contributed by atoms with Crippen molar-refractivity contribution in [3.05, 3.63) is 53.1 Å². The van der Waals surface area contributed by atoms with Gasteiger partial charge < -0.3 is 9.67 Å². The summed E-state index contributed by atoms with van der Waals surface area (Å²) < 4.78 is 41.5. The summed E-state index contributed by atoms with van der Waals surface area (Å²) in [5.74, 6) is -3.91. The highest BCUT2D eigenvalue weighted by Crippen LogP contribution is 2.41. The molecule has 0 radical (unpaired) electrons. The molecule has 0 aliphatic heterocycles. The summed E-state index contributed by atoms with van der Waals surface area (Å²) in [5.41, 5.74) is 1.68. The Labute approximate surface area is 120 Å². The summed E-state index contributed by atoms with van der Waals surface area (Å²) in [6.45, 7) is 4.06. The third-order valence-electron chi connectivity index (χ3n) is 4.02. The summed E-state index contributed by atoms with van der Waals surface area (Å²) in [5, 5.41) is 10.2. The maximum absolute atomic E-state index is 13.4. The first-order chi connectivity index (χ1) is 9.78. The van der Waals surface area contributed by atoms with E-state index in [4.69, 9.17) is 0 Å². The van der Waals surface area contributed by atoms with Crippen LogP contribution in [0.15, 0.2) is 24.4 Å². The molecule has 0 spiro atoms. The number of fused-ring (bicyclic) bond motifs is 1. The van der Waals surface area contributed by atoms with Crippen LogP contribution in [-0.4, -0.2) is 9.67 Å². The van der Waals surface area contributed by atoms with E-state index in [0.29, 0.717) is 12.8 Å². The lowest BCUT2D eigenvalue weighted by Gasteiger charge is -2.33. The second kappa shape index (κ2) is 4.63. The predicted octanol–water partition coefficient (Wildman–Crippen LogP) is 3.90. The lowest BCUT2D eigenvalue weighted by Crippen LogP contribution is -2.26. The molecule has 1 aliphatic rings. The molecule has 1 aromatic carbocycles. The SMILES string of the molecule is CC1(C)Cc2c(ccn2-c2cc(F)c(F)c(F)c2)C(O)C1. The van der Waals surface area contributed by atoms with Crippen LogP contribution in [0.2, 0.25) is 0 Å². The van der Waals surface area contributed by atoms with Gasteiger partial charge in [0.2, 0.25) is 0 Å². The van der Waals surface area contributed by atoms with E-state index in [0.717, 1.165) is 23.4 Å². The van der Waals surface area contributed by atoms with E-state index in [1.165, 1.54) is 0 Å². The number of halogens is 3. The fraction of sp³-hybridized carbons (Fsp3) is 0.375. The van der Waals surface area contributed by atoms with Crippen LogP contribution in [0.5, 0.6) is 0 Å². The van der Waals surface area contributed by atoms with Crippen molar-refractivity contribution in [2.45, 2.75) is 32.8 Å². The van der Waals surface area contributed by atoms with Gasteiger partial charge in [0.25, 0.3) is 0 Å². The zero-order valence-electron chi connectivity index (χ0n) is 11.8. The number of hydrogen-bond acceptors (Lipinski definition) is 1. The van der Waals surface area contributed by atoms with E-state index in [-0.39, 0.29) is 11.1 Å². The van der Waals surface area contributed by atoms with E-state index < -0.39 is 23.6 Å². The molecule has 2 nitrogen and oxygen atoms in total. The number of aromatic nitrogens is 1. The first-order valence-corrected chi connectivity index (χ1v) is 6.81. The first-order valence-electron chi connectivity index (χ1n) is 6.81. The smallest absolute Gasteiger partial charge is 0.194 e. The zero-order chi connectivity index (χ0) is 15.4. The summed E-state index contributed by atoms with van der Waals surface area (Å²) >= 11 is 0. The topological polar surface area (TPSA) is 25.2 Å². The fourth-order valence-electron chi connectivity index (χ4n) is 3.05. The number of benzene rings is 1. The van der Waals surface area contributed by atoms with Crippen molar-refractivity contribution in [1.82, 2.24) is 4.57 Å². The maximum Gasteiger partial charge on any atom is 0.194 e. The van der Waals surface area contributed by atoms with Gasteiger partial charge in [-0.1, -0.05) is 13.8 Å². The Morgan fingerprint density at radius 1 is 1.19 bits per heavy atom. The van der Waals surface area contributed by atoms with Gasteiger partial charge in [0.15, 0.2) is 17.5 Å². The quantitative estimate of drug-likeness (QED) is 0.793. The fourth-order valence-corrected chi connectivity index (χ4v) is 3.05. The van der Waals surface area contributed by atoms with Crippen LogP contribution in [0.3, 0.4) is 0 Å². The van der Waals surface area contributed by atoms with Crippen molar-refractivity contribution in [3.63, 3.8) is 0 Å². The minimum atomic E-state index is -1.47. The average Bonchev–Trinajstić information content (AvgIpc) is 2.77. The Balaban J connectivity index is 2.14. The van der Waals surface area contributed by atoms with Crippen molar-refractivity contribution in [2.75, 3.05) is 0 Å². The molecule has 0 amide bonds. The third kappa shape index (κ3) is 2.35. The van der Waals surface area contributed by atoms with Crippen LogP contribution in [-0.2, 0) is 6.42 Å². The minimum absolute atomic E-state index is 0.111. The number of aliphatic hydroxyl groups excluding tert-OH is 1. The number of aliphatic hydroxyl groups is 1. The molecule has 0 bridgehead atoms. The standard InChI is InChI=1S/C16H16F3NO/c1-16(2)7-13-10(14(21)8-16)3-4-20(13)9-5-11(17)15(19)12(18)6-9/h3-6,14,21H,7-8H2,1-2H3. The molecular weight excluding hydrogens is 279 g/mol. The molecule has 2 aromatic rings. The van der Waals surface area contributed by atoms with Crippen LogP contribution >= 0.6 is 0 Å². The van der Waals surface area contributed by atoms with Gasteiger partial charge in [-0.2, -0.15) is 0 Å². The number of rotatable bonds is 1. The van der Waals surface area contributed by atoms with Crippen molar-refractivity contribution in [1.29, 1.82) is 0 Å². The van der Waals surface area contributed by atoms with Crippen LogP contribution in [0, 0.1) is 22.9 Å². The molecule has 3 rings (SSSR count). The second-order valence-electron chi connectivity index (χ2n) is 6.37. The van der Waals surface area contributed by atoms with Gasteiger partial charge in [0.05, 0.1) is 11.8 Å². The van der Waals surface area contributed by atoms with Gasteiger partial charge >= 0.3 is 0 Å². The minimum Gasteiger partial charge on any atom is -0.388 e. The van der Waals surface area contributed by atoms with Gasteiger partial charge in [-0.25, -0.2) is 13.2 Å². The van der Waals surface area contributed by atoms with Crippen LogP contribution < -0.4 is 0 Å². The average molecular weight is 295 g/mol. The molecule has 5 heteroatoms. The molecule has 0 saturated carbocycles. The molecule has 1 unspecified atom stereocenters. The molecule has 112 valence electrons. The van der Waals surface area contributed by atoms with Crippen molar-refractivity contribution >= 4 is 0 Å². The lowest BCUT2D eigenvalue weighted by molar-refractivity contribution is 0.0987. The molecular formula is C16H16F3NO. The predicted molar refractivity (Wildman–Crippen MR) is 72.7 cm³/mol. The van der Waals surface area contributed by atoms with Crippen molar-refractivity contribution in [2.24, 2.45) is 5.41 Å². The van der Waals surface area contributed by atoms with Gasteiger partial charge in [0.1, 0.15) is 0 Å². The number of hydrogen-bond donors (Lipinski definition) is 1. The van der Waals surface area contributed by atoms with Crippen molar-refractivity contribution < 1.29 is 18.3 Å². The maximum atomic E-state index is 13.4. The summed E-state index contributed by atoms with van der Waals surface area (Å²) in [6.07, 6.45) is 2.37. The Bertz CT molecular complexity index is 683. The van der Waals surface area contributed by atoms with Gasteiger partial charge in [-0.05, 0) is 24.3 Å². The number of nitrogens with zero attached hydrogens (tertiary/aromatic N) is 1. The Morgan fingerprint density at radius 3 is 2.43 bits per heavy atom. The normalized spacial score (nSPS) is 20.4. The van der Waals surface area contributed by atoms with Crippen LogP contribution in [0.25, 0.3) is 5.69 Å².